The van der Waals surface area contributed by atoms with E-state index in [-0.39, 0.29) is 54.5 Å². The van der Waals surface area contributed by atoms with Crippen molar-refractivity contribution in [3.05, 3.63) is 77.9 Å². The van der Waals surface area contributed by atoms with E-state index in [0.29, 0.717) is 10.3 Å². The first-order chi connectivity index (χ1) is 13.5. The summed E-state index contributed by atoms with van der Waals surface area (Å²) in [6.07, 6.45) is 0. The van der Waals surface area contributed by atoms with Gasteiger partial charge in [-0.15, -0.1) is 68.8 Å². The predicted octanol–water partition coefficient (Wildman–Crippen LogP) is 2.44. The first-order valence-electron chi connectivity index (χ1n) is 10.6. The van der Waals surface area contributed by atoms with Crippen LogP contribution in [-0.2, 0) is 21.7 Å². The van der Waals surface area contributed by atoms with Crippen molar-refractivity contribution < 1.29 is 46.5 Å². The van der Waals surface area contributed by atoms with Crippen molar-refractivity contribution in [3.63, 3.8) is 0 Å². The van der Waals surface area contributed by atoms with Gasteiger partial charge >= 0.3 is 21.7 Å². The molecule has 170 valence electrons. The van der Waals surface area contributed by atoms with E-state index in [1.165, 1.54) is 32.7 Å². The van der Waals surface area contributed by atoms with Crippen LogP contribution in [0.1, 0.15) is 52.7 Å². The average Bonchev–Trinajstić information content (AvgIpc) is 3.23. The third-order valence-electron chi connectivity index (χ3n) is 5.45. The van der Waals surface area contributed by atoms with Gasteiger partial charge in [0.1, 0.15) is 0 Å². The summed E-state index contributed by atoms with van der Waals surface area (Å²) < 4.78 is 0. The maximum atomic E-state index is 2.40. The van der Waals surface area contributed by atoms with Gasteiger partial charge < -0.3 is 24.8 Å². The van der Waals surface area contributed by atoms with Crippen LogP contribution >= 0.6 is 7.92 Å². The molecule has 4 aromatic rings. The fourth-order valence-corrected chi connectivity index (χ4v) is 8.68. The summed E-state index contributed by atoms with van der Waals surface area (Å²) in [6.45, 7) is 18.6. The summed E-state index contributed by atoms with van der Waals surface area (Å²) in [5.74, 6) is 0. The Balaban J connectivity index is 0.000000598. The number of halogens is 2. The van der Waals surface area contributed by atoms with Crippen molar-refractivity contribution in [1.29, 1.82) is 0 Å². The van der Waals surface area contributed by atoms with Crippen LogP contribution in [0.15, 0.2) is 66.7 Å². The second-order valence-corrected chi connectivity index (χ2v) is 13.9. The molecule has 0 bridgehead atoms. The Morgan fingerprint density at radius 3 is 1.84 bits per heavy atom. The zero-order valence-electron chi connectivity index (χ0n) is 20.6. The van der Waals surface area contributed by atoms with E-state index in [1.54, 1.807) is 5.30 Å². The summed E-state index contributed by atoms with van der Waals surface area (Å²) in [5.41, 5.74) is 2.74. The molecule has 0 aliphatic carbocycles. The molecule has 0 saturated carbocycles. The molecule has 0 N–H and O–H groups in total. The molecule has 0 aromatic heterocycles. The molecule has 0 unspecified atom stereocenters. The van der Waals surface area contributed by atoms with Crippen LogP contribution in [0.25, 0.3) is 21.5 Å². The summed E-state index contributed by atoms with van der Waals surface area (Å²) in [7, 11) is -0.185. The number of hydrogen-bond acceptors (Lipinski definition) is 0. The molecule has 4 aromatic carbocycles. The third-order valence-corrected chi connectivity index (χ3v) is 8.91. The maximum absolute atomic E-state index is 2.40. The molecule has 0 saturated heterocycles. The predicted molar refractivity (Wildman–Crippen MR) is 135 cm³/mol. The van der Waals surface area contributed by atoms with E-state index < -0.39 is 0 Å². The van der Waals surface area contributed by atoms with Gasteiger partial charge in [0.25, 0.3) is 0 Å². The molecule has 0 spiro atoms. The van der Waals surface area contributed by atoms with Crippen LogP contribution in [-0.4, -0.2) is 10.3 Å². The Kier molecular flexibility index (Phi) is 12.0. The summed E-state index contributed by atoms with van der Waals surface area (Å²) in [5, 5.41) is 7.79. The molecule has 0 nitrogen and oxygen atoms in total. The van der Waals surface area contributed by atoms with Gasteiger partial charge in [-0.3, -0.25) is 0 Å². The fourth-order valence-electron chi connectivity index (χ4n) is 4.58. The monoisotopic (exact) mass is 520 g/mol. The standard InChI is InChI=1S/C17H24P.C11H11.2ClH.Ti/c1-16(2,3)18(17(4,5)6)15-11-13-9-7-8-10-14(13)12-15;1-8-6-7-9(2)11-5-3-4-10(8)11;;;/h7-12H,1-6H3;3-7H,1-2H3;2*1H;/q2*-1;;;+4/p-2. The zero-order valence-corrected chi connectivity index (χ0v) is 24.5. The average molecular weight is 521 g/mol. The molecular weight excluding hydrogens is 486 g/mol. The van der Waals surface area contributed by atoms with Gasteiger partial charge in [0.05, 0.1) is 0 Å². The van der Waals surface area contributed by atoms with E-state index >= 15 is 0 Å². The molecular formula is C28H35Cl2PTi. The second-order valence-electron chi connectivity index (χ2n) is 10.1. The second kappa shape index (κ2) is 12.2. The van der Waals surface area contributed by atoms with Crippen molar-refractivity contribution in [2.45, 2.75) is 65.7 Å². The molecule has 0 atom stereocenters. The van der Waals surface area contributed by atoms with Crippen LogP contribution in [0.5, 0.6) is 0 Å². The summed E-state index contributed by atoms with van der Waals surface area (Å²) in [6, 6.07) is 24.3. The van der Waals surface area contributed by atoms with Gasteiger partial charge in [-0.1, -0.05) is 74.1 Å². The van der Waals surface area contributed by atoms with Crippen LogP contribution in [0.2, 0.25) is 0 Å². The molecule has 0 aliphatic rings. The van der Waals surface area contributed by atoms with Crippen molar-refractivity contribution in [3.8, 4) is 0 Å². The minimum absolute atomic E-state index is 0. The molecule has 4 rings (SSSR count). The van der Waals surface area contributed by atoms with Crippen LogP contribution in [0, 0.1) is 13.8 Å². The molecule has 0 aliphatic heterocycles. The molecule has 4 heteroatoms. The Morgan fingerprint density at radius 2 is 1.31 bits per heavy atom. The smallest absolute Gasteiger partial charge is 1.00 e. The Morgan fingerprint density at radius 1 is 0.750 bits per heavy atom. The number of rotatable bonds is 1. The first kappa shape index (κ1) is 31.4. The van der Waals surface area contributed by atoms with E-state index in [2.05, 4.69) is 122 Å². The molecule has 0 heterocycles. The molecule has 0 radical (unpaired) electrons. The van der Waals surface area contributed by atoms with E-state index in [0.717, 1.165) is 0 Å². The first-order valence-corrected chi connectivity index (χ1v) is 11.9. The fraction of sp³-hybridized carbons (Fsp3) is 0.357. The number of fused-ring (bicyclic) bond motifs is 2. The Hall–Kier alpha value is -0.616. The largest absolute Gasteiger partial charge is 4.00 e. The third kappa shape index (κ3) is 7.19. The molecule has 0 amide bonds. The van der Waals surface area contributed by atoms with Gasteiger partial charge in [-0.2, -0.15) is 18.2 Å². The van der Waals surface area contributed by atoms with Crippen LogP contribution < -0.4 is 30.1 Å². The van der Waals surface area contributed by atoms with E-state index in [9.17, 15) is 0 Å². The van der Waals surface area contributed by atoms with Gasteiger partial charge in [0.15, 0.2) is 0 Å². The number of hydrogen-bond donors (Lipinski definition) is 0. The minimum Gasteiger partial charge on any atom is -1.00 e. The zero-order chi connectivity index (χ0) is 21.4. The quantitative estimate of drug-likeness (QED) is 0.205. The summed E-state index contributed by atoms with van der Waals surface area (Å²) >= 11 is 0. The number of aryl methyl sites for hydroxylation is 2. The van der Waals surface area contributed by atoms with Crippen molar-refractivity contribution in [2.24, 2.45) is 0 Å². The van der Waals surface area contributed by atoms with Crippen LogP contribution in [0.3, 0.4) is 0 Å². The SMILES string of the molecule is CC(C)(C)P(c1cc2ccccc2[cH-]1)C(C)(C)C.Cc1ccc(C)c2[cH-]ccc12.[Cl-].[Cl-].[Ti+4]. The van der Waals surface area contributed by atoms with Crippen molar-refractivity contribution in [1.82, 2.24) is 0 Å². The topological polar surface area (TPSA) is 0 Å². The Bertz CT molecular complexity index is 1030. The van der Waals surface area contributed by atoms with Crippen molar-refractivity contribution in [2.75, 3.05) is 0 Å². The van der Waals surface area contributed by atoms with E-state index in [1.807, 2.05) is 0 Å². The van der Waals surface area contributed by atoms with Crippen LogP contribution in [0.4, 0.5) is 0 Å². The van der Waals surface area contributed by atoms with Crippen molar-refractivity contribution >= 4 is 34.8 Å². The summed E-state index contributed by atoms with van der Waals surface area (Å²) in [4.78, 5) is 0. The minimum atomic E-state index is -0.185. The maximum Gasteiger partial charge on any atom is 4.00 e. The number of benzene rings is 2. The van der Waals surface area contributed by atoms with Gasteiger partial charge in [0.2, 0.25) is 0 Å². The molecule has 32 heavy (non-hydrogen) atoms. The van der Waals surface area contributed by atoms with Gasteiger partial charge in [0, 0.05) is 0 Å². The normalized spacial score (nSPS) is 11.3. The van der Waals surface area contributed by atoms with Gasteiger partial charge in [-0.25, -0.2) is 0 Å². The van der Waals surface area contributed by atoms with E-state index in [4.69, 9.17) is 0 Å². The van der Waals surface area contributed by atoms with Gasteiger partial charge in [-0.05, 0) is 17.2 Å². The molecule has 0 fully saturated rings. The Labute approximate surface area is 223 Å².